The van der Waals surface area contributed by atoms with E-state index in [-0.39, 0.29) is 29.4 Å². The third kappa shape index (κ3) is 6.34. The van der Waals surface area contributed by atoms with E-state index in [1.807, 2.05) is 41.7 Å². The molecule has 10 heteroatoms. The van der Waals surface area contributed by atoms with Crippen LogP contribution in [-0.4, -0.2) is 44.6 Å². The number of hydrogen-bond donors (Lipinski definition) is 2. The van der Waals surface area contributed by atoms with E-state index >= 15 is 0 Å². The summed E-state index contributed by atoms with van der Waals surface area (Å²) in [6.07, 6.45) is 6.15. The molecule has 1 aliphatic carbocycles. The normalized spacial score (nSPS) is 16.3. The fraction of sp³-hybridized carbons (Fsp3) is 0.206. The number of aryl methyl sites for hydroxylation is 1. The summed E-state index contributed by atoms with van der Waals surface area (Å²) in [5, 5.41) is 6.04. The lowest BCUT2D eigenvalue weighted by molar-refractivity contribution is 0.0888. The largest absolute Gasteiger partial charge is 0.438 e. The molecule has 1 aliphatic rings. The second-order valence-corrected chi connectivity index (χ2v) is 10.9. The summed E-state index contributed by atoms with van der Waals surface area (Å²) in [7, 11) is 0. The van der Waals surface area contributed by atoms with Gasteiger partial charge in [0, 0.05) is 29.5 Å². The lowest BCUT2D eigenvalue weighted by atomic mass is 9.91. The number of nitrogens with one attached hydrogen (secondary N) is 2. The molecule has 0 aliphatic heterocycles. The van der Waals surface area contributed by atoms with E-state index in [1.54, 1.807) is 42.6 Å². The number of imidazole rings is 1. The molecule has 3 heterocycles. The van der Waals surface area contributed by atoms with E-state index < -0.39 is 11.7 Å². The van der Waals surface area contributed by atoms with Crippen LogP contribution < -0.4 is 15.4 Å². The zero-order valence-corrected chi connectivity index (χ0v) is 24.0. The predicted octanol–water partition coefficient (Wildman–Crippen LogP) is 5.92. The third-order valence-electron chi connectivity index (χ3n) is 7.79. The summed E-state index contributed by atoms with van der Waals surface area (Å²) in [6.45, 7) is 1.95. The Bertz CT molecular complexity index is 1860. The molecule has 44 heavy (non-hydrogen) atoms. The number of fused-ring (bicyclic) bond motifs is 1. The molecule has 1 fully saturated rings. The van der Waals surface area contributed by atoms with Gasteiger partial charge in [-0.25, -0.2) is 14.4 Å². The van der Waals surface area contributed by atoms with Gasteiger partial charge in [0.25, 0.3) is 11.8 Å². The highest BCUT2D eigenvalue weighted by Gasteiger charge is 2.26. The number of amides is 2. The van der Waals surface area contributed by atoms with Crippen molar-refractivity contribution in [2.75, 3.05) is 0 Å². The monoisotopic (exact) mass is 591 g/mol. The Morgan fingerprint density at radius 1 is 0.909 bits per heavy atom. The number of nitrogens with zero attached hydrogens (tertiary/aromatic N) is 3. The molecule has 0 spiro atoms. The molecule has 2 aromatic carbocycles. The van der Waals surface area contributed by atoms with Crippen LogP contribution in [0.2, 0.25) is 0 Å². The van der Waals surface area contributed by atoms with Crippen molar-refractivity contribution in [2.24, 2.45) is 0 Å². The van der Waals surface area contributed by atoms with Crippen LogP contribution in [-0.2, 0) is 0 Å². The summed E-state index contributed by atoms with van der Waals surface area (Å²) in [5.74, 6) is -0.992. The number of aldehydes is 1. The van der Waals surface area contributed by atoms with Gasteiger partial charge in [0.05, 0.1) is 6.20 Å². The lowest BCUT2D eigenvalue weighted by Gasteiger charge is -2.29. The van der Waals surface area contributed by atoms with Crippen LogP contribution in [0, 0.1) is 12.7 Å². The van der Waals surface area contributed by atoms with Crippen molar-refractivity contribution < 1.29 is 23.5 Å². The summed E-state index contributed by atoms with van der Waals surface area (Å²) in [4.78, 5) is 45.8. The minimum absolute atomic E-state index is 0.0177. The van der Waals surface area contributed by atoms with E-state index in [4.69, 9.17) is 4.74 Å². The quantitative estimate of drug-likeness (QED) is 0.217. The Kier molecular flexibility index (Phi) is 8.14. The average molecular weight is 592 g/mol. The molecule has 0 bridgehead atoms. The minimum atomic E-state index is -0.657. The summed E-state index contributed by atoms with van der Waals surface area (Å²) in [5.41, 5.74) is 4.23. The van der Waals surface area contributed by atoms with E-state index in [2.05, 4.69) is 20.6 Å². The number of hydrogen-bond acceptors (Lipinski definition) is 6. The molecule has 9 nitrogen and oxygen atoms in total. The van der Waals surface area contributed by atoms with Crippen molar-refractivity contribution in [1.82, 2.24) is 25.0 Å². The lowest BCUT2D eigenvalue weighted by Crippen LogP contribution is -2.44. The van der Waals surface area contributed by atoms with Crippen molar-refractivity contribution in [2.45, 2.75) is 44.7 Å². The smallest absolute Gasteiger partial charge is 0.271 e. The number of aromatic nitrogens is 3. The summed E-state index contributed by atoms with van der Waals surface area (Å²) < 4.78 is 22.1. The predicted molar refractivity (Wildman–Crippen MR) is 162 cm³/mol. The van der Waals surface area contributed by atoms with Gasteiger partial charge in [-0.3, -0.25) is 14.4 Å². The third-order valence-corrected chi connectivity index (χ3v) is 7.79. The molecule has 6 rings (SSSR count). The van der Waals surface area contributed by atoms with Gasteiger partial charge in [0.1, 0.15) is 34.8 Å². The molecule has 0 radical (unpaired) electrons. The number of carbonyl (C=O) groups is 3. The molecule has 2 amide bonds. The SMILES string of the molecule is Cc1cccc2nc(C(=O)NC3CCC(NC(=O)c4cc(F)cnc4Oc4cccc(-c5cccc(C=O)c5)c4)CC3)cn12. The molecular weight excluding hydrogens is 561 g/mol. The maximum Gasteiger partial charge on any atom is 0.271 e. The highest BCUT2D eigenvalue weighted by molar-refractivity contribution is 5.96. The molecule has 0 unspecified atom stereocenters. The molecular formula is C34H30FN5O4. The van der Waals surface area contributed by atoms with Crippen LogP contribution in [0.4, 0.5) is 4.39 Å². The van der Waals surface area contributed by atoms with Crippen molar-refractivity contribution in [3.05, 3.63) is 114 Å². The van der Waals surface area contributed by atoms with Crippen LogP contribution in [0.25, 0.3) is 16.8 Å². The molecule has 1 saturated carbocycles. The number of pyridine rings is 2. The fourth-order valence-electron chi connectivity index (χ4n) is 5.48. The highest BCUT2D eigenvalue weighted by atomic mass is 19.1. The molecule has 3 aromatic heterocycles. The van der Waals surface area contributed by atoms with Crippen LogP contribution in [0.15, 0.2) is 85.2 Å². The molecule has 0 saturated heterocycles. The first-order valence-corrected chi connectivity index (χ1v) is 14.4. The van der Waals surface area contributed by atoms with Crippen molar-refractivity contribution >= 4 is 23.7 Å². The topological polar surface area (TPSA) is 115 Å². The zero-order chi connectivity index (χ0) is 30.6. The Labute approximate surface area is 253 Å². The van der Waals surface area contributed by atoms with Crippen LogP contribution >= 0.6 is 0 Å². The zero-order valence-electron chi connectivity index (χ0n) is 24.0. The summed E-state index contributed by atoms with van der Waals surface area (Å²) in [6, 6.07) is 20.9. The standard InChI is InChI=1S/C34H30FN5O4/c1-21-5-2-10-31-39-30(19-40(21)31)33(43)38-27-13-11-26(12-14-27)37-32(42)29-17-25(35)18-36-34(29)44-28-9-4-8-24(16-28)23-7-3-6-22(15-23)20-41/h2-10,15-20,26-27H,11-14H2,1H3,(H,37,42)(H,38,43). The van der Waals surface area contributed by atoms with Crippen LogP contribution in [0.1, 0.15) is 62.6 Å². The van der Waals surface area contributed by atoms with Crippen LogP contribution in [0.5, 0.6) is 11.6 Å². The second-order valence-electron chi connectivity index (χ2n) is 10.9. The first kappa shape index (κ1) is 28.7. The van der Waals surface area contributed by atoms with Crippen molar-refractivity contribution in [3.63, 3.8) is 0 Å². The van der Waals surface area contributed by atoms with Gasteiger partial charge in [-0.05, 0) is 80.1 Å². The minimum Gasteiger partial charge on any atom is -0.438 e. The molecule has 222 valence electrons. The molecule has 2 N–H and O–H groups in total. The number of carbonyl (C=O) groups excluding carboxylic acids is 3. The average Bonchev–Trinajstić information content (AvgIpc) is 3.49. The van der Waals surface area contributed by atoms with Gasteiger partial charge < -0.3 is 19.8 Å². The first-order valence-electron chi connectivity index (χ1n) is 14.4. The van der Waals surface area contributed by atoms with Gasteiger partial charge in [-0.15, -0.1) is 0 Å². The maximum absolute atomic E-state index is 14.2. The van der Waals surface area contributed by atoms with Crippen LogP contribution in [0.3, 0.4) is 0 Å². The molecule has 0 atom stereocenters. The van der Waals surface area contributed by atoms with Crippen molar-refractivity contribution in [3.8, 4) is 22.8 Å². The van der Waals surface area contributed by atoms with E-state index in [9.17, 15) is 18.8 Å². The van der Waals surface area contributed by atoms with Gasteiger partial charge >= 0.3 is 0 Å². The number of halogens is 1. The van der Waals surface area contributed by atoms with E-state index in [0.29, 0.717) is 48.3 Å². The van der Waals surface area contributed by atoms with E-state index in [1.165, 1.54) is 0 Å². The molecule has 5 aromatic rings. The van der Waals surface area contributed by atoms with Gasteiger partial charge in [-0.2, -0.15) is 0 Å². The van der Waals surface area contributed by atoms with Gasteiger partial charge in [0.2, 0.25) is 5.88 Å². The summed E-state index contributed by atoms with van der Waals surface area (Å²) >= 11 is 0. The number of rotatable bonds is 8. The Morgan fingerprint density at radius 3 is 2.32 bits per heavy atom. The first-order chi connectivity index (χ1) is 21.4. The highest BCUT2D eigenvalue weighted by Crippen LogP contribution is 2.29. The number of ether oxygens (including phenoxy) is 1. The van der Waals surface area contributed by atoms with E-state index in [0.717, 1.165) is 35.4 Å². The fourth-order valence-corrected chi connectivity index (χ4v) is 5.48. The van der Waals surface area contributed by atoms with Gasteiger partial charge in [0.15, 0.2) is 0 Å². The maximum atomic E-state index is 14.2. The van der Waals surface area contributed by atoms with Gasteiger partial charge in [-0.1, -0.05) is 36.4 Å². The second kappa shape index (κ2) is 12.5. The Balaban J connectivity index is 1.08. The Hall–Kier alpha value is -5.38. The number of benzene rings is 2. The van der Waals surface area contributed by atoms with Crippen molar-refractivity contribution in [1.29, 1.82) is 0 Å². The Morgan fingerprint density at radius 2 is 1.59 bits per heavy atom.